The van der Waals surface area contributed by atoms with Gasteiger partial charge in [-0.25, -0.2) is 0 Å². The van der Waals surface area contributed by atoms with E-state index in [-0.39, 0.29) is 18.1 Å². The zero-order valence-electron chi connectivity index (χ0n) is 13.2. The Morgan fingerprint density at radius 3 is 2.43 bits per heavy atom. The first-order chi connectivity index (χ1) is 11.0. The Labute approximate surface area is 135 Å². The van der Waals surface area contributed by atoms with Crippen LogP contribution in [-0.4, -0.2) is 16.9 Å². The van der Waals surface area contributed by atoms with Crippen molar-refractivity contribution in [2.45, 2.75) is 26.3 Å². The molecule has 0 bridgehead atoms. The summed E-state index contributed by atoms with van der Waals surface area (Å²) in [5.41, 5.74) is 1.88. The van der Waals surface area contributed by atoms with Crippen LogP contribution in [-0.2, 0) is 9.59 Å². The molecule has 5 heteroatoms. The first-order valence-corrected chi connectivity index (χ1v) is 7.46. The number of benzene rings is 2. The minimum atomic E-state index is -0.815. The van der Waals surface area contributed by atoms with Crippen molar-refractivity contribution in [3.63, 3.8) is 0 Å². The topological polar surface area (TPSA) is 78.4 Å². The highest BCUT2D eigenvalue weighted by atomic mass is 16.3. The summed E-state index contributed by atoms with van der Waals surface area (Å²) in [6, 6.07) is 13.2. The van der Waals surface area contributed by atoms with Gasteiger partial charge in [0.25, 0.3) is 5.91 Å². The van der Waals surface area contributed by atoms with Crippen LogP contribution in [0.4, 0.5) is 5.69 Å². The Morgan fingerprint density at radius 2 is 1.83 bits per heavy atom. The van der Waals surface area contributed by atoms with E-state index in [0.29, 0.717) is 11.3 Å². The standard InChI is InChI=1S/C18H20N2O3/c1-3-16(22)20-17(13-7-5-4-6-8-13)18(23)19-14-10-9-12(2)11-15(14)21/h4-11,17,21H,3H2,1-2H3,(H,19,23)(H,20,22)/t17-/m1/s1. The molecule has 2 aromatic carbocycles. The average molecular weight is 312 g/mol. The van der Waals surface area contributed by atoms with Gasteiger partial charge in [-0.3, -0.25) is 9.59 Å². The van der Waals surface area contributed by atoms with E-state index in [1.54, 1.807) is 49.4 Å². The third kappa shape index (κ3) is 4.32. The lowest BCUT2D eigenvalue weighted by Gasteiger charge is -2.19. The van der Waals surface area contributed by atoms with E-state index in [1.807, 2.05) is 13.0 Å². The third-order valence-corrected chi connectivity index (χ3v) is 3.43. The molecule has 3 N–H and O–H groups in total. The van der Waals surface area contributed by atoms with Crippen LogP contribution in [0.15, 0.2) is 48.5 Å². The number of hydrogen-bond donors (Lipinski definition) is 3. The maximum Gasteiger partial charge on any atom is 0.251 e. The lowest BCUT2D eigenvalue weighted by atomic mass is 10.1. The van der Waals surface area contributed by atoms with Crippen LogP contribution in [0.25, 0.3) is 0 Å². The Bertz CT molecular complexity index is 699. The predicted molar refractivity (Wildman–Crippen MR) is 89.1 cm³/mol. The monoisotopic (exact) mass is 312 g/mol. The summed E-state index contributed by atoms with van der Waals surface area (Å²) in [7, 11) is 0. The van der Waals surface area contributed by atoms with Crippen molar-refractivity contribution in [3.8, 4) is 5.75 Å². The van der Waals surface area contributed by atoms with E-state index in [9.17, 15) is 14.7 Å². The molecule has 120 valence electrons. The molecule has 0 fully saturated rings. The maximum absolute atomic E-state index is 12.6. The van der Waals surface area contributed by atoms with Gasteiger partial charge in [0.2, 0.25) is 5.91 Å². The van der Waals surface area contributed by atoms with Crippen molar-refractivity contribution < 1.29 is 14.7 Å². The molecule has 2 amide bonds. The maximum atomic E-state index is 12.6. The van der Waals surface area contributed by atoms with Crippen molar-refractivity contribution in [2.24, 2.45) is 0 Å². The Balaban J connectivity index is 2.24. The fourth-order valence-electron chi connectivity index (χ4n) is 2.16. The molecule has 0 saturated carbocycles. The SMILES string of the molecule is CCC(=O)N[C@@H](C(=O)Nc1ccc(C)cc1O)c1ccccc1. The summed E-state index contributed by atoms with van der Waals surface area (Å²) < 4.78 is 0. The number of aryl methyl sites for hydroxylation is 1. The van der Waals surface area contributed by atoms with E-state index >= 15 is 0 Å². The summed E-state index contributed by atoms with van der Waals surface area (Å²) in [5.74, 6) is -0.633. The van der Waals surface area contributed by atoms with Crippen molar-refractivity contribution >= 4 is 17.5 Å². The van der Waals surface area contributed by atoms with E-state index in [0.717, 1.165) is 5.56 Å². The number of rotatable bonds is 5. The minimum absolute atomic E-state index is 0.00743. The smallest absolute Gasteiger partial charge is 0.251 e. The Hall–Kier alpha value is -2.82. The second-order valence-corrected chi connectivity index (χ2v) is 5.27. The van der Waals surface area contributed by atoms with Crippen LogP contribution in [0.5, 0.6) is 5.75 Å². The Morgan fingerprint density at radius 1 is 1.13 bits per heavy atom. The van der Waals surface area contributed by atoms with Gasteiger partial charge in [0.1, 0.15) is 11.8 Å². The van der Waals surface area contributed by atoms with Gasteiger partial charge < -0.3 is 15.7 Å². The molecule has 0 aliphatic carbocycles. The van der Waals surface area contributed by atoms with Crippen LogP contribution in [0, 0.1) is 6.92 Å². The zero-order valence-corrected chi connectivity index (χ0v) is 13.2. The van der Waals surface area contributed by atoms with Crippen LogP contribution in [0.2, 0.25) is 0 Å². The van der Waals surface area contributed by atoms with Crippen molar-refractivity contribution in [3.05, 3.63) is 59.7 Å². The summed E-state index contributed by atoms with van der Waals surface area (Å²) in [6.07, 6.45) is 0.284. The van der Waals surface area contributed by atoms with Crippen LogP contribution < -0.4 is 10.6 Å². The number of phenols is 1. The number of carbonyl (C=O) groups is 2. The molecule has 0 saturated heterocycles. The van der Waals surface area contributed by atoms with Gasteiger partial charge >= 0.3 is 0 Å². The lowest BCUT2D eigenvalue weighted by Crippen LogP contribution is -2.36. The van der Waals surface area contributed by atoms with Gasteiger partial charge in [-0.15, -0.1) is 0 Å². The summed E-state index contributed by atoms with van der Waals surface area (Å²) in [6.45, 7) is 3.57. The highest BCUT2D eigenvalue weighted by molar-refractivity contribution is 5.98. The van der Waals surface area contributed by atoms with Crippen LogP contribution in [0.3, 0.4) is 0 Å². The molecule has 0 aliphatic heterocycles. The van der Waals surface area contributed by atoms with Crippen LogP contribution >= 0.6 is 0 Å². The molecule has 0 radical (unpaired) electrons. The lowest BCUT2D eigenvalue weighted by molar-refractivity contribution is -0.126. The molecular formula is C18H20N2O3. The molecule has 0 unspecified atom stereocenters. The predicted octanol–water partition coefficient (Wildman–Crippen LogP) is 2.91. The minimum Gasteiger partial charge on any atom is -0.506 e. The number of hydrogen-bond acceptors (Lipinski definition) is 3. The first kappa shape index (κ1) is 16.5. The van der Waals surface area contributed by atoms with E-state index < -0.39 is 11.9 Å². The number of anilines is 1. The van der Waals surface area contributed by atoms with Crippen molar-refractivity contribution in [1.82, 2.24) is 5.32 Å². The highest BCUT2D eigenvalue weighted by Gasteiger charge is 2.22. The summed E-state index contributed by atoms with van der Waals surface area (Å²) in [4.78, 5) is 24.3. The molecule has 5 nitrogen and oxygen atoms in total. The van der Waals surface area contributed by atoms with Gasteiger partial charge in [-0.1, -0.05) is 43.3 Å². The van der Waals surface area contributed by atoms with Crippen molar-refractivity contribution in [1.29, 1.82) is 0 Å². The van der Waals surface area contributed by atoms with Gasteiger partial charge in [0.15, 0.2) is 0 Å². The number of aromatic hydroxyl groups is 1. The molecule has 2 rings (SSSR count). The number of amides is 2. The molecule has 0 aromatic heterocycles. The van der Waals surface area contributed by atoms with E-state index in [1.165, 1.54) is 0 Å². The van der Waals surface area contributed by atoms with Gasteiger partial charge in [0.05, 0.1) is 5.69 Å². The quantitative estimate of drug-likeness (QED) is 0.743. The molecule has 0 heterocycles. The van der Waals surface area contributed by atoms with Crippen LogP contribution in [0.1, 0.15) is 30.5 Å². The fourth-order valence-corrected chi connectivity index (χ4v) is 2.16. The molecule has 1 atom stereocenters. The van der Waals surface area contributed by atoms with E-state index in [2.05, 4.69) is 10.6 Å². The molecule has 0 aliphatic rings. The van der Waals surface area contributed by atoms with Gasteiger partial charge in [-0.2, -0.15) is 0 Å². The summed E-state index contributed by atoms with van der Waals surface area (Å²) in [5, 5.41) is 15.3. The Kier molecular flexibility index (Phi) is 5.36. The highest BCUT2D eigenvalue weighted by Crippen LogP contribution is 2.25. The fraction of sp³-hybridized carbons (Fsp3) is 0.222. The molecule has 23 heavy (non-hydrogen) atoms. The first-order valence-electron chi connectivity index (χ1n) is 7.46. The second kappa shape index (κ2) is 7.45. The number of carbonyl (C=O) groups excluding carboxylic acids is 2. The molecule has 0 spiro atoms. The number of phenolic OH excluding ortho intramolecular Hbond substituents is 1. The second-order valence-electron chi connectivity index (χ2n) is 5.27. The average Bonchev–Trinajstić information content (AvgIpc) is 2.55. The largest absolute Gasteiger partial charge is 0.506 e. The van der Waals surface area contributed by atoms with Gasteiger partial charge in [0, 0.05) is 6.42 Å². The van der Waals surface area contributed by atoms with Gasteiger partial charge in [-0.05, 0) is 30.2 Å². The van der Waals surface area contributed by atoms with E-state index in [4.69, 9.17) is 0 Å². The molecule has 2 aromatic rings. The number of nitrogens with one attached hydrogen (secondary N) is 2. The van der Waals surface area contributed by atoms with Crippen molar-refractivity contribution in [2.75, 3.05) is 5.32 Å². The zero-order chi connectivity index (χ0) is 16.8. The summed E-state index contributed by atoms with van der Waals surface area (Å²) >= 11 is 0. The normalized spacial score (nSPS) is 11.6. The third-order valence-electron chi connectivity index (χ3n) is 3.43. The molecular weight excluding hydrogens is 292 g/mol.